The molecule has 74 valence electrons. The van der Waals surface area contributed by atoms with Crippen molar-refractivity contribution in [1.82, 2.24) is 15.0 Å². The molecule has 0 fully saturated rings. The van der Waals surface area contributed by atoms with Crippen LogP contribution in [-0.2, 0) is 5.41 Å². The van der Waals surface area contributed by atoms with E-state index in [1.807, 2.05) is 12.4 Å². The Labute approximate surface area is 83.6 Å². The number of rotatable bonds is 2. The zero-order valence-electron chi connectivity index (χ0n) is 8.83. The monoisotopic (exact) mass is 189 g/mol. The lowest BCUT2D eigenvalue weighted by Crippen LogP contribution is -2.14. The molecule has 0 aliphatic rings. The van der Waals surface area contributed by atoms with Crippen molar-refractivity contribution in [2.24, 2.45) is 0 Å². The minimum atomic E-state index is 0.173. The molecule has 0 aliphatic carbocycles. The van der Waals surface area contributed by atoms with Crippen LogP contribution in [0, 0.1) is 0 Å². The first-order chi connectivity index (χ1) is 6.65. The Bertz CT molecular complexity index is 442. The quantitative estimate of drug-likeness (QED) is 0.789. The molecule has 0 unspecified atom stereocenters. The first kappa shape index (κ1) is 9.19. The summed E-state index contributed by atoms with van der Waals surface area (Å²) in [6.45, 7) is 6.66. The number of nitrogens with one attached hydrogen (secondary N) is 1. The van der Waals surface area contributed by atoms with Gasteiger partial charge in [0, 0.05) is 11.8 Å². The molecule has 1 N–H and O–H groups in total. The van der Waals surface area contributed by atoms with Crippen molar-refractivity contribution in [2.45, 2.75) is 32.6 Å². The van der Waals surface area contributed by atoms with Crippen molar-refractivity contribution in [3.05, 3.63) is 24.3 Å². The molecule has 2 aromatic heterocycles. The van der Waals surface area contributed by atoms with Crippen LogP contribution in [0.2, 0.25) is 0 Å². The zero-order chi connectivity index (χ0) is 10.2. The summed E-state index contributed by atoms with van der Waals surface area (Å²) in [5, 5.41) is 0. The maximum absolute atomic E-state index is 4.31. The lowest BCUT2D eigenvalue weighted by molar-refractivity contribution is 0.510. The highest BCUT2D eigenvalue weighted by Crippen LogP contribution is 2.31. The molecular weight excluding hydrogens is 174 g/mol. The molecule has 0 radical (unpaired) electrons. The standard InChI is InChI=1S/C11H15N3/c1-4-11(2,3)8-5-13-9-6-12-7-14-10(8)9/h5-7,13H,4H2,1-3H3. The first-order valence-corrected chi connectivity index (χ1v) is 4.92. The number of H-pyrrole nitrogens is 1. The van der Waals surface area contributed by atoms with Crippen LogP contribution in [0.4, 0.5) is 0 Å². The van der Waals surface area contributed by atoms with Gasteiger partial charge >= 0.3 is 0 Å². The zero-order valence-corrected chi connectivity index (χ0v) is 8.83. The largest absolute Gasteiger partial charge is 0.358 e. The molecular formula is C11H15N3. The third-order valence-electron chi connectivity index (χ3n) is 2.95. The van der Waals surface area contributed by atoms with Gasteiger partial charge in [0.1, 0.15) is 6.33 Å². The summed E-state index contributed by atoms with van der Waals surface area (Å²) in [5.74, 6) is 0. The Hall–Kier alpha value is -1.38. The smallest absolute Gasteiger partial charge is 0.116 e. The summed E-state index contributed by atoms with van der Waals surface area (Å²) in [4.78, 5) is 11.5. The topological polar surface area (TPSA) is 41.6 Å². The van der Waals surface area contributed by atoms with Gasteiger partial charge in [-0.3, -0.25) is 0 Å². The van der Waals surface area contributed by atoms with Crippen molar-refractivity contribution in [3.8, 4) is 0 Å². The Morgan fingerprint density at radius 2 is 2.21 bits per heavy atom. The maximum atomic E-state index is 4.31. The molecule has 0 amide bonds. The molecule has 0 aliphatic heterocycles. The maximum Gasteiger partial charge on any atom is 0.116 e. The number of nitrogens with zero attached hydrogens (tertiary/aromatic N) is 2. The lowest BCUT2D eigenvalue weighted by atomic mass is 9.83. The fourth-order valence-electron chi connectivity index (χ4n) is 1.57. The summed E-state index contributed by atoms with van der Waals surface area (Å²) < 4.78 is 0. The van der Waals surface area contributed by atoms with Gasteiger partial charge in [0.15, 0.2) is 0 Å². The van der Waals surface area contributed by atoms with E-state index in [1.165, 1.54) is 5.56 Å². The molecule has 3 nitrogen and oxygen atoms in total. The molecule has 0 bridgehead atoms. The second kappa shape index (κ2) is 3.08. The average Bonchev–Trinajstić information content (AvgIpc) is 2.61. The van der Waals surface area contributed by atoms with Crippen LogP contribution in [0.15, 0.2) is 18.7 Å². The lowest BCUT2D eigenvalue weighted by Gasteiger charge is -2.21. The first-order valence-electron chi connectivity index (χ1n) is 4.92. The number of fused-ring (bicyclic) bond motifs is 1. The summed E-state index contributed by atoms with van der Waals surface area (Å²) in [6.07, 6.45) is 6.57. The van der Waals surface area contributed by atoms with Crippen LogP contribution in [0.3, 0.4) is 0 Å². The van der Waals surface area contributed by atoms with E-state index in [0.29, 0.717) is 0 Å². The highest BCUT2D eigenvalue weighted by Gasteiger charge is 2.22. The van der Waals surface area contributed by atoms with Gasteiger partial charge in [-0.1, -0.05) is 20.8 Å². The van der Waals surface area contributed by atoms with Crippen LogP contribution in [0.1, 0.15) is 32.8 Å². The van der Waals surface area contributed by atoms with Crippen LogP contribution >= 0.6 is 0 Å². The summed E-state index contributed by atoms with van der Waals surface area (Å²) in [5.41, 5.74) is 3.51. The normalized spacial score (nSPS) is 12.2. The van der Waals surface area contributed by atoms with E-state index < -0.39 is 0 Å². The second-order valence-corrected chi connectivity index (χ2v) is 4.22. The number of hydrogen-bond donors (Lipinski definition) is 1. The Balaban J connectivity index is 2.64. The predicted molar refractivity (Wildman–Crippen MR) is 57.2 cm³/mol. The van der Waals surface area contributed by atoms with E-state index >= 15 is 0 Å². The van der Waals surface area contributed by atoms with E-state index in [0.717, 1.165) is 17.5 Å². The SMILES string of the molecule is CCC(C)(C)c1c[nH]c2cncnc12. The molecule has 0 saturated carbocycles. The van der Waals surface area contributed by atoms with Gasteiger partial charge in [-0.25, -0.2) is 9.97 Å². The number of aromatic amines is 1. The van der Waals surface area contributed by atoms with E-state index in [2.05, 4.69) is 35.7 Å². The van der Waals surface area contributed by atoms with Crippen LogP contribution in [0.25, 0.3) is 11.0 Å². The Morgan fingerprint density at radius 3 is 2.93 bits per heavy atom. The van der Waals surface area contributed by atoms with Gasteiger partial charge in [0.25, 0.3) is 0 Å². The van der Waals surface area contributed by atoms with Gasteiger partial charge < -0.3 is 4.98 Å². The van der Waals surface area contributed by atoms with E-state index in [4.69, 9.17) is 0 Å². The minimum Gasteiger partial charge on any atom is -0.358 e. The number of hydrogen-bond acceptors (Lipinski definition) is 2. The van der Waals surface area contributed by atoms with Crippen molar-refractivity contribution in [2.75, 3.05) is 0 Å². The van der Waals surface area contributed by atoms with Gasteiger partial charge in [-0.15, -0.1) is 0 Å². The fraction of sp³-hybridized carbons (Fsp3) is 0.455. The predicted octanol–water partition coefficient (Wildman–Crippen LogP) is 2.65. The molecule has 14 heavy (non-hydrogen) atoms. The van der Waals surface area contributed by atoms with Crippen LogP contribution < -0.4 is 0 Å². The van der Waals surface area contributed by atoms with Crippen LogP contribution in [0.5, 0.6) is 0 Å². The molecule has 0 saturated heterocycles. The van der Waals surface area contributed by atoms with Gasteiger partial charge in [0.2, 0.25) is 0 Å². The molecule has 2 rings (SSSR count). The van der Waals surface area contributed by atoms with Gasteiger partial charge in [-0.05, 0) is 11.8 Å². The van der Waals surface area contributed by atoms with E-state index in [9.17, 15) is 0 Å². The third kappa shape index (κ3) is 1.29. The summed E-state index contributed by atoms with van der Waals surface area (Å²) in [6, 6.07) is 0. The minimum absolute atomic E-state index is 0.173. The molecule has 3 heteroatoms. The Kier molecular flexibility index (Phi) is 2.02. The molecule has 0 spiro atoms. The number of aromatic nitrogens is 3. The third-order valence-corrected chi connectivity index (χ3v) is 2.95. The highest BCUT2D eigenvalue weighted by molar-refractivity contribution is 5.78. The molecule has 0 aromatic carbocycles. The fourth-order valence-corrected chi connectivity index (χ4v) is 1.57. The highest BCUT2D eigenvalue weighted by atomic mass is 14.9. The van der Waals surface area contributed by atoms with Gasteiger partial charge in [-0.2, -0.15) is 0 Å². The van der Waals surface area contributed by atoms with E-state index in [-0.39, 0.29) is 5.41 Å². The Morgan fingerprint density at radius 1 is 1.43 bits per heavy atom. The summed E-state index contributed by atoms with van der Waals surface area (Å²) in [7, 11) is 0. The van der Waals surface area contributed by atoms with Crippen molar-refractivity contribution in [3.63, 3.8) is 0 Å². The van der Waals surface area contributed by atoms with Crippen LogP contribution in [-0.4, -0.2) is 15.0 Å². The average molecular weight is 189 g/mol. The van der Waals surface area contributed by atoms with E-state index in [1.54, 1.807) is 6.33 Å². The van der Waals surface area contributed by atoms with Crippen molar-refractivity contribution in [1.29, 1.82) is 0 Å². The molecule has 0 atom stereocenters. The van der Waals surface area contributed by atoms with Crippen molar-refractivity contribution < 1.29 is 0 Å². The summed E-state index contributed by atoms with van der Waals surface area (Å²) >= 11 is 0. The molecule has 2 aromatic rings. The van der Waals surface area contributed by atoms with Gasteiger partial charge in [0.05, 0.1) is 17.2 Å². The second-order valence-electron chi connectivity index (χ2n) is 4.22. The van der Waals surface area contributed by atoms with Crippen molar-refractivity contribution >= 4 is 11.0 Å². The molecule has 2 heterocycles.